The van der Waals surface area contributed by atoms with Gasteiger partial charge in [0.2, 0.25) is 0 Å². The van der Waals surface area contributed by atoms with Crippen molar-refractivity contribution in [2.24, 2.45) is 0 Å². The van der Waals surface area contributed by atoms with E-state index in [0.717, 1.165) is 39.9 Å². The van der Waals surface area contributed by atoms with Gasteiger partial charge in [0, 0.05) is 39.4 Å². The van der Waals surface area contributed by atoms with Gasteiger partial charge < -0.3 is 18.8 Å². The third-order valence-corrected chi connectivity index (χ3v) is 8.82. The lowest BCUT2D eigenvalue weighted by atomic mass is 10.1. The van der Waals surface area contributed by atoms with Crippen LogP contribution in [0.1, 0.15) is 11.1 Å². The molecule has 44 heavy (non-hydrogen) atoms. The summed E-state index contributed by atoms with van der Waals surface area (Å²) in [6.45, 7) is 4.21. The lowest BCUT2D eigenvalue weighted by Crippen LogP contribution is -2.16. The summed E-state index contributed by atoms with van der Waals surface area (Å²) in [7, 11) is 0. The zero-order chi connectivity index (χ0) is 29.4. The summed E-state index contributed by atoms with van der Waals surface area (Å²) in [5.41, 5.74) is 11.4. The number of benzene rings is 6. The van der Waals surface area contributed by atoms with Gasteiger partial charge in [-0.15, -0.1) is 0 Å². The smallest absolute Gasteiger partial charge is 0.151 e. The summed E-state index contributed by atoms with van der Waals surface area (Å²) in [5.74, 6) is 1.74. The lowest BCUT2D eigenvalue weighted by molar-refractivity contribution is 0.476. The first-order chi connectivity index (χ1) is 21.6. The number of rotatable bonds is 3. The Hall–Kier alpha value is -5.74. The van der Waals surface area contributed by atoms with E-state index >= 15 is 0 Å². The van der Waals surface area contributed by atoms with E-state index in [4.69, 9.17) is 4.74 Å². The van der Waals surface area contributed by atoms with Crippen molar-refractivity contribution in [1.82, 2.24) is 9.13 Å². The summed E-state index contributed by atoms with van der Waals surface area (Å²) < 4.78 is 11.2. The van der Waals surface area contributed by atoms with Crippen LogP contribution in [0.25, 0.3) is 44.1 Å². The van der Waals surface area contributed by atoms with Crippen LogP contribution in [0.4, 0.5) is 17.1 Å². The second-order valence-corrected chi connectivity index (χ2v) is 11.7. The van der Waals surface area contributed by atoms with Crippen LogP contribution in [-0.2, 0) is 0 Å². The van der Waals surface area contributed by atoms with E-state index in [1.54, 1.807) is 0 Å². The summed E-state index contributed by atoms with van der Waals surface area (Å²) >= 11 is 0. The Labute approximate surface area is 255 Å². The molecule has 0 saturated carbocycles. The van der Waals surface area contributed by atoms with E-state index in [9.17, 15) is 0 Å². The van der Waals surface area contributed by atoms with Gasteiger partial charge in [0.1, 0.15) is 0 Å². The van der Waals surface area contributed by atoms with Crippen LogP contribution < -0.4 is 9.64 Å². The molecule has 0 radical (unpaired) electrons. The zero-order valence-electron chi connectivity index (χ0n) is 24.5. The largest absolute Gasteiger partial charge is 0.453 e. The van der Waals surface area contributed by atoms with Crippen LogP contribution in [0.3, 0.4) is 0 Å². The van der Waals surface area contributed by atoms with Gasteiger partial charge in [-0.25, -0.2) is 0 Å². The second-order valence-electron chi connectivity index (χ2n) is 11.7. The van der Waals surface area contributed by atoms with Crippen LogP contribution in [-0.4, -0.2) is 9.13 Å². The highest BCUT2D eigenvalue weighted by atomic mass is 16.5. The Morgan fingerprint density at radius 1 is 0.477 bits per heavy atom. The first-order valence-corrected chi connectivity index (χ1v) is 15.0. The number of fused-ring (bicyclic) bond motifs is 7. The fourth-order valence-corrected chi connectivity index (χ4v) is 6.83. The van der Waals surface area contributed by atoms with Crippen molar-refractivity contribution in [2.75, 3.05) is 4.90 Å². The zero-order valence-corrected chi connectivity index (χ0v) is 24.5. The molecule has 1 aliphatic heterocycles. The van der Waals surface area contributed by atoms with Gasteiger partial charge in [0.05, 0.1) is 27.9 Å². The van der Waals surface area contributed by atoms with Gasteiger partial charge in [0.15, 0.2) is 11.5 Å². The standard InChI is InChI=1S/C40H29N3O/c1-26-15-18-36-38(23-26)44-39-24-27(2)16-19-37(39)42(36)29-11-8-12-30(25-29)43-35-14-7-6-13-31(35)32-17-20-34-33(40(32)43)21-22-41(34)28-9-4-3-5-10-28/h3-25H,1-2H3. The minimum Gasteiger partial charge on any atom is -0.453 e. The van der Waals surface area contributed by atoms with Crippen molar-refractivity contribution >= 4 is 49.8 Å². The molecule has 3 heterocycles. The topological polar surface area (TPSA) is 22.3 Å². The van der Waals surface area contributed by atoms with E-state index in [1.165, 1.54) is 43.8 Å². The van der Waals surface area contributed by atoms with Crippen LogP contribution in [0.15, 0.2) is 140 Å². The number of anilines is 3. The normalized spacial score (nSPS) is 12.5. The molecule has 2 aromatic heterocycles. The summed E-state index contributed by atoms with van der Waals surface area (Å²) in [6.07, 6.45) is 2.18. The lowest BCUT2D eigenvalue weighted by Gasteiger charge is -2.33. The maximum Gasteiger partial charge on any atom is 0.151 e. The number of hydrogen-bond donors (Lipinski definition) is 0. The van der Waals surface area contributed by atoms with Crippen LogP contribution >= 0.6 is 0 Å². The Balaban J connectivity index is 1.30. The van der Waals surface area contributed by atoms with E-state index in [2.05, 4.69) is 168 Å². The van der Waals surface area contributed by atoms with Gasteiger partial charge in [-0.1, -0.05) is 60.7 Å². The van der Waals surface area contributed by atoms with Crippen molar-refractivity contribution in [3.8, 4) is 22.9 Å². The Morgan fingerprint density at radius 3 is 1.93 bits per heavy atom. The molecule has 6 aromatic carbocycles. The SMILES string of the molecule is Cc1ccc2c(c1)Oc1cc(C)ccc1N2c1cccc(-n2c3ccccc3c3ccc4c(ccn4-c4ccccc4)c32)c1. The highest BCUT2D eigenvalue weighted by Crippen LogP contribution is 2.51. The van der Waals surface area contributed by atoms with Crippen molar-refractivity contribution in [1.29, 1.82) is 0 Å². The molecule has 0 amide bonds. The monoisotopic (exact) mass is 567 g/mol. The van der Waals surface area contributed by atoms with Gasteiger partial charge in [-0.3, -0.25) is 0 Å². The molecule has 0 atom stereocenters. The number of ether oxygens (including phenoxy) is 1. The number of aryl methyl sites for hydroxylation is 2. The van der Waals surface area contributed by atoms with E-state index in [1.807, 2.05) is 0 Å². The molecular formula is C40H29N3O. The van der Waals surface area contributed by atoms with Crippen molar-refractivity contribution in [3.63, 3.8) is 0 Å². The first kappa shape index (κ1) is 24.8. The molecule has 0 aliphatic carbocycles. The Kier molecular flexibility index (Phi) is 5.29. The number of aromatic nitrogens is 2. The summed E-state index contributed by atoms with van der Waals surface area (Å²) in [5, 5.41) is 3.72. The summed E-state index contributed by atoms with van der Waals surface area (Å²) in [4.78, 5) is 2.33. The highest BCUT2D eigenvalue weighted by molar-refractivity contribution is 6.18. The van der Waals surface area contributed by atoms with E-state index < -0.39 is 0 Å². The van der Waals surface area contributed by atoms with Crippen molar-refractivity contribution in [3.05, 3.63) is 151 Å². The molecule has 4 nitrogen and oxygen atoms in total. The van der Waals surface area contributed by atoms with Gasteiger partial charge in [0.25, 0.3) is 0 Å². The third kappa shape index (κ3) is 3.64. The fourth-order valence-electron chi connectivity index (χ4n) is 6.83. The second kappa shape index (κ2) is 9.38. The minimum atomic E-state index is 0.870. The fraction of sp³-hybridized carbons (Fsp3) is 0.0500. The molecule has 0 saturated heterocycles. The quantitative estimate of drug-likeness (QED) is 0.212. The molecule has 1 aliphatic rings. The molecule has 9 rings (SSSR count). The van der Waals surface area contributed by atoms with Crippen LogP contribution in [0, 0.1) is 13.8 Å². The van der Waals surface area contributed by atoms with Crippen molar-refractivity contribution in [2.45, 2.75) is 13.8 Å². The van der Waals surface area contributed by atoms with Crippen molar-refractivity contribution < 1.29 is 4.74 Å². The van der Waals surface area contributed by atoms with E-state index in [-0.39, 0.29) is 0 Å². The molecule has 210 valence electrons. The predicted molar refractivity (Wildman–Crippen MR) is 182 cm³/mol. The van der Waals surface area contributed by atoms with E-state index in [0.29, 0.717) is 0 Å². The molecule has 8 aromatic rings. The molecule has 0 bridgehead atoms. The molecule has 4 heteroatoms. The minimum absolute atomic E-state index is 0.870. The Morgan fingerprint density at radius 2 is 1.16 bits per heavy atom. The van der Waals surface area contributed by atoms with Gasteiger partial charge >= 0.3 is 0 Å². The number of nitrogens with zero attached hydrogens (tertiary/aromatic N) is 3. The maximum absolute atomic E-state index is 6.45. The molecule has 0 unspecified atom stereocenters. The van der Waals surface area contributed by atoms with Gasteiger partial charge in [-0.2, -0.15) is 0 Å². The van der Waals surface area contributed by atoms with Gasteiger partial charge in [-0.05, 0) is 97.8 Å². The maximum atomic E-state index is 6.45. The summed E-state index contributed by atoms with van der Waals surface area (Å²) in [6, 6.07) is 47.8. The number of hydrogen-bond acceptors (Lipinski definition) is 2. The highest BCUT2D eigenvalue weighted by Gasteiger charge is 2.27. The van der Waals surface area contributed by atoms with Crippen LogP contribution in [0.5, 0.6) is 11.5 Å². The molecule has 0 fully saturated rings. The molecular weight excluding hydrogens is 538 g/mol. The Bertz CT molecular complexity index is 2340. The first-order valence-electron chi connectivity index (χ1n) is 15.0. The average Bonchev–Trinajstić information content (AvgIpc) is 3.63. The molecule has 0 spiro atoms. The predicted octanol–water partition coefficient (Wildman–Crippen LogP) is 10.9. The number of para-hydroxylation sites is 2. The van der Waals surface area contributed by atoms with Crippen LogP contribution in [0.2, 0.25) is 0 Å². The third-order valence-electron chi connectivity index (χ3n) is 8.82. The molecule has 0 N–H and O–H groups in total. The average molecular weight is 568 g/mol.